The number of nitro groups is 1. The highest BCUT2D eigenvalue weighted by Crippen LogP contribution is 2.55. The number of benzene rings is 3. The second-order valence-corrected chi connectivity index (χ2v) is 20.2. The number of aromatic amines is 1. The fourth-order valence-electron chi connectivity index (χ4n) is 10.1. The number of H-pyrrole nitrogens is 1. The maximum atomic E-state index is 15.6. The molecule has 352 valence electrons. The Morgan fingerprint density at radius 1 is 0.970 bits per heavy atom. The molecule has 3 aliphatic heterocycles. The lowest BCUT2D eigenvalue weighted by Crippen LogP contribution is -2.47. The highest BCUT2D eigenvalue weighted by molar-refractivity contribution is 7.90. The van der Waals surface area contributed by atoms with Gasteiger partial charge in [-0.1, -0.05) is 35.7 Å². The van der Waals surface area contributed by atoms with Gasteiger partial charge in [-0.3, -0.25) is 19.8 Å². The molecule has 2 aromatic heterocycles. The number of nitrogens with zero attached hydrogens (tertiary/aromatic N) is 5. The molecule has 5 heterocycles. The van der Waals surface area contributed by atoms with E-state index >= 15 is 4.39 Å². The largest absolute Gasteiger partial charge is 0.476 e. The molecular weight excluding hydrogens is 903 g/mol. The summed E-state index contributed by atoms with van der Waals surface area (Å²) in [5, 5.41) is 16.4. The summed E-state index contributed by atoms with van der Waals surface area (Å²) < 4.78 is 62.6. The van der Waals surface area contributed by atoms with E-state index in [4.69, 9.17) is 30.8 Å². The Morgan fingerprint density at radius 3 is 2.54 bits per heavy atom. The van der Waals surface area contributed by atoms with Crippen molar-refractivity contribution in [1.82, 2.24) is 19.6 Å². The topological polar surface area (TPSA) is 185 Å². The van der Waals surface area contributed by atoms with E-state index in [1.165, 1.54) is 42.4 Å². The van der Waals surface area contributed by atoms with Gasteiger partial charge in [0, 0.05) is 74.2 Å². The predicted octanol–water partition coefficient (Wildman–Crippen LogP) is 8.06. The van der Waals surface area contributed by atoms with Crippen LogP contribution in [0.4, 0.5) is 32.8 Å². The van der Waals surface area contributed by atoms with Gasteiger partial charge in [-0.2, -0.15) is 4.98 Å². The zero-order valence-electron chi connectivity index (χ0n) is 36.9. The van der Waals surface area contributed by atoms with Gasteiger partial charge in [0.15, 0.2) is 5.82 Å². The number of ether oxygens (including phenoxy) is 3. The summed E-state index contributed by atoms with van der Waals surface area (Å²) in [6.07, 6.45) is 9.16. The van der Waals surface area contributed by atoms with Crippen LogP contribution in [0.25, 0.3) is 16.6 Å². The Kier molecular flexibility index (Phi) is 12.6. The number of nitrogens with one attached hydrogen (secondary N) is 3. The molecule has 1 saturated carbocycles. The summed E-state index contributed by atoms with van der Waals surface area (Å²) in [6, 6.07) is 18.7. The summed E-state index contributed by atoms with van der Waals surface area (Å²) in [7, 11) is -4.85. The Morgan fingerprint density at radius 2 is 1.79 bits per heavy atom. The number of carbonyl (C=O) groups excluding carboxylic acids is 1. The quantitative estimate of drug-likeness (QED) is 0.0807. The summed E-state index contributed by atoms with van der Waals surface area (Å²) in [5.41, 5.74) is 5.80. The van der Waals surface area contributed by atoms with Crippen LogP contribution in [0.3, 0.4) is 0 Å². The Balaban J connectivity index is 0.925. The predicted molar refractivity (Wildman–Crippen MR) is 254 cm³/mol. The van der Waals surface area contributed by atoms with E-state index in [2.05, 4.69) is 37.0 Å². The number of amides is 1. The summed E-state index contributed by atoms with van der Waals surface area (Å²) >= 11 is 6.30. The third kappa shape index (κ3) is 9.41. The molecule has 19 heteroatoms. The molecule has 67 heavy (non-hydrogen) atoms. The van der Waals surface area contributed by atoms with E-state index in [0.29, 0.717) is 67.2 Å². The van der Waals surface area contributed by atoms with E-state index in [0.717, 1.165) is 67.7 Å². The number of fused-ring (bicyclic) bond motifs is 2. The highest BCUT2D eigenvalue weighted by Gasteiger charge is 2.41. The van der Waals surface area contributed by atoms with E-state index in [1.54, 1.807) is 18.3 Å². The molecule has 3 aromatic carbocycles. The number of carbonyl (C=O) groups is 1. The third-order valence-corrected chi connectivity index (χ3v) is 15.5. The minimum atomic E-state index is -4.85. The number of hydrogen-bond donors (Lipinski definition) is 3. The second kappa shape index (κ2) is 18.7. The molecule has 2 saturated heterocycles. The molecule has 10 rings (SSSR count). The van der Waals surface area contributed by atoms with Crippen LogP contribution in [0.2, 0.25) is 5.02 Å². The molecule has 3 fully saturated rings. The smallest absolute Gasteiger partial charge is 0.296 e. The zero-order chi connectivity index (χ0) is 46.3. The zero-order valence-corrected chi connectivity index (χ0v) is 38.5. The maximum Gasteiger partial charge on any atom is 0.296 e. The van der Waals surface area contributed by atoms with E-state index in [-0.39, 0.29) is 18.7 Å². The van der Waals surface area contributed by atoms with Crippen LogP contribution in [-0.2, 0) is 19.5 Å². The van der Waals surface area contributed by atoms with Crippen molar-refractivity contribution < 1.29 is 36.7 Å². The van der Waals surface area contributed by atoms with Crippen molar-refractivity contribution in [2.24, 2.45) is 5.41 Å². The molecular formula is C48H52ClFN8O8S. The summed E-state index contributed by atoms with van der Waals surface area (Å²) in [5.74, 6) is -1.84. The minimum Gasteiger partial charge on any atom is -0.476 e. The average Bonchev–Trinajstić information content (AvgIpc) is 3.68. The van der Waals surface area contributed by atoms with Gasteiger partial charge in [0.05, 0.1) is 53.6 Å². The molecule has 1 atom stereocenters. The van der Waals surface area contributed by atoms with E-state index in [1.807, 2.05) is 35.2 Å². The highest BCUT2D eigenvalue weighted by atomic mass is 35.5. The first kappa shape index (κ1) is 45.0. The lowest BCUT2D eigenvalue weighted by atomic mass is 9.59. The number of allylic oxidation sites excluding steroid dienone is 1. The number of aromatic nitrogens is 2. The molecule has 1 unspecified atom stereocenters. The normalized spacial score (nSPS) is 19.9. The minimum absolute atomic E-state index is 0.0131. The van der Waals surface area contributed by atoms with Crippen LogP contribution in [0, 0.1) is 21.3 Å². The van der Waals surface area contributed by atoms with E-state index in [9.17, 15) is 23.3 Å². The first-order valence-electron chi connectivity index (χ1n) is 22.9. The van der Waals surface area contributed by atoms with Crippen molar-refractivity contribution in [3.63, 3.8) is 0 Å². The second-order valence-electron chi connectivity index (χ2n) is 18.1. The fraction of sp³-hybridized carbons (Fsp3) is 0.417. The van der Waals surface area contributed by atoms with Crippen molar-refractivity contribution in [3.05, 3.63) is 111 Å². The van der Waals surface area contributed by atoms with Crippen LogP contribution >= 0.6 is 11.6 Å². The van der Waals surface area contributed by atoms with Crippen molar-refractivity contribution in [2.75, 3.05) is 87.4 Å². The first-order valence-corrected chi connectivity index (χ1v) is 24.7. The van der Waals surface area contributed by atoms with Gasteiger partial charge in [-0.05, 0) is 104 Å². The molecule has 5 aliphatic rings. The SMILES string of the molecule is O=C(NS(=O)(=O)c1cc(F)c(NCC2COCCO2)c([N+](=O)[O-])c1)c1ccc(N2CCN(CC3=C(c4ccc(Cl)cc4)CC4(CCC4)CC3)CC2)cc1N1CCCOc2nc3[nH]ccc3cc21. The summed E-state index contributed by atoms with van der Waals surface area (Å²) in [6.45, 7) is 5.61. The number of pyridine rings is 1. The van der Waals surface area contributed by atoms with Gasteiger partial charge in [0.25, 0.3) is 21.6 Å². The molecule has 5 aromatic rings. The molecule has 0 radical (unpaired) electrons. The molecule has 3 N–H and O–H groups in total. The van der Waals surface area contributed by atoms with Crippen LogP contribution in [-0.4, -0.2) is 112 Å². The number of sulfonamides is 1. The van der Waals surface area contributed by atoms with Crippen molar-refractivity contribution in [1.29, 1.82) is 0 Å². The molecule has 1 spiro atoms. The monoisotopic (exact) mass is 954 g/mol. The van der Waals surface area contributed by atoms with Gasteiger partial charge in [0.2, 0.25) is 5.88 Å². The number of halogens is 2. The van der Waals surface area contributed by atoms with Gasteiger partial charge < -0.3 is 34.3 Å². The standard InChI is InChI=1S/C48H52ClFN8O8S/c49-34-5-3-31(4-6-34)39-27-48(11-1-12-48)13-9-33(39)29-55-16-18-56(19-17-55)35-7-8-38(41(24-35)57-15-2-20-66-47-43(57)23-32-10-14-51-45(32)53-47)46(59)54-67(62,63)37-25-40(50)44(42(26-37)58(60)61)52-28-36-30-64-21-22-65-36/h3-8,10,14,23-26,36,52H,1-2,9,11-13,15-22,27-30H2,(H,51,53)(H,54,59). The average molecular weight is 956 g/mol. The lowest BCUT2D eigenvalue weighted by molar-refractivity contribution is -0.384. The van der Waals surface area contributed by atoms with Crippen molar-refractivity contribution >= 4 is 72.6 Å². The third-order valence-electron chi connectivity index (χ3n) is 13.9. The van der Waals surface area contributed by atoms with Crippen LogP contribution in [0.5, 0.6) is 5.88 Å². The van der Waals surface area contributed by atoms with Crippen LogP contribution in [0.15, 0.2) is 83.4 Å². The number of piperazine rings is 1. The molecule has 16 nitrogen and oxygen atoms in total. The van der Waals surface area contributed by atoms with Gasteiger partial charge in [-0.15, -0.1) is 0 Å². The Bertz CT molecular complexity index is 2840. The number of rotatable bonds is 12. The van der Waals surface area contributed by atoms with Gasteiger partial charge >= 0.3 is 0 Å². The Hall–Kier alpha value is -5.79. The molecule has 1 amide bonds. The number of anilines is 4. The van der Waals surface area contributed by atoms with E-state index < -0.39 is 49.0 Å². The number of nitro benzene ring substituents is 1. The molecule has 0 bridgehead atoms. The van der Waals surface area contributed by atoms with Crippen molar-refractivity contribution in [3.8, 4) is 5.88 Å². The maximum absolute atomic E-state index is 15.6. The summed E-state index contributed by atoms with van der Waals surface area (Å²) in [4.78, 5) is 39.4. The number of hydrogen-bond acceptors (Lipinski definition) is 13. The van der Waals surface area contributed by atoms with Crippen molar-refractivity contribution in [2.45, 2.75) is 55.9 Å². The van der Waals surface area contributed by atoms with Crippen LogP contribution < -0.4 is 24.6 Å². The van der Waals surface area contributed by atoms with Crippen LogP contribution in [0.1, 0.15) is 60.9 Å². The van der Waals surface area contributed by atoms with Gasteiger partial charge in [-0.25, -0.2) is 17.5 Å². The van der Waals surface area contributed by atoms with Gasteiger partial charge in [0.1, 0.15) is 17.0 Å². The fourth-order valence-corrected chi connectivity index (χ4v) is 11.2. The lowest BCUT2D eigenvalue weighted by Gasteiger charge is -2.47. The Labute approximate surface area is 392 Å². The molecule has 2 aliphatic carbocycles. The first-order chi connectivity index (χ1) is 32.4.